The summed E-state index contributed by atoms with van der Waals surface area (Å²) in [5.74, 6) is 0.795. The third-order valence-corrected chi connectivity index (χ3v) is 6.22. The van der Waals surface area contributed by atoms with E-state index in [1.165, 1.54) is 9.87 Å². The van der Waals surface area contributed by atoms with E-state index >= 15 is 0 Å². The molecule has 0 aliphatic heterocycles. The summed E-state index contributed by atoms with van der Waals surface area (Å²) in [7, 11) is -1.52. The number of aryl methyl sites for hydroxylation is 1. The highest BCUT2D eigenvalue weighted by atomic mass is 32.2. The monoisotopic (exact) mass is 402 g/mol. The zero-order chi connectivity index (χ0) is 20.4. The van der Waals surface area contributed by atoms with Crippen molar-refractivity contribution in [3.8, 4) is 0 Å². The van der Waals surface area contributed by atoms with Gasteiger partial charge in [0.1, 0.15) is 0 Å². The maximum absolute atomic E-state index is 11.8. The number of nitrogens with one attached hydrogen (secondary N) is 2. The number of hydrogen-bond donors (Lipinski definition) is 2. The van der Waals surface area contributed by atoms with Crippen molar-refractivity contribution >= 4 is 21.7 Å². The van der Waals surface area contributed by atoms with E-state index in [1.54, 1.807) is 14.0 Å². The second kappa shape index (κ2) is 10.8. The molecule has 28 heavy (non-hydrogen) atoms. The van der Waals surface area contributed by atoms with Crippen molar-refractivity contribution in [1.29, 1.82) is 0 Å². The van der Waals surface area contributed by atoms with E-state index in [2.05, 4.69) is 46.8 Å². The summed E-state index contributed by atoms with van der Waals surface area (Å²) in [6.45, 7) is 5.37. The van der Waals surface area contributed by atoms with Crippen LogP contribution in [-0.4, -0.2) is 44.6 Å². The lowest BCUT2D eigenvalue weighted by molar-refractivity contribution is 0.461. The molecule has 2 aromatic rings. The molecule has 2 rings (SSSR count). The first-order valence-electron chi connectivity index (χ1n) is 9.50. The minimum absolute atomic E-state index is 0.121. The molecular weight excluding hydrogens is 372 g/mol. The van der Waals surface area contributed by atoms with Crippen molar-refractivity contribution in [1.82, 2.24) is 9.62 Å². The van der Waals surface area contributed by atoms with Crippen molar-refractivity contribution in [2.45, 2.75) is 26.8 Å². The van der Waals surface area contributed by atoms with E-state index < -0.39 is 10.0 Å². The summed E-state index contributed by atoms with van der Waals surface area (Å²) < 4.78 is 25.0. The minimum atomic E-state index is -3.14. The van der Waals surface area contributed by atoms with Crippen LogP contribution in [0.1, 0.15) is 24.5 Å². The van der Waals surface area contributed by atoms with E-state index in [0.717, 1.165) is 11.3 Å². The van der Waals surface area contributed by atoms with Gasteiger partial charge in [0.05, 0.1) is 12.3 Å². The summed E-state index contributed by atoms with van der Waals surface area (Å²) in [6.07, 6.45) is 0.690. The lowest BCUT2D eigenvalue weighted by Crippen LogP contribution is -2.35. The van der Waals surface area contributed by atoms with Crippen LogP contribution in [0, 0.1) is 6.92 Å². The first kappa shape index (κ1) is 21.9. The van der Waals surface area contributed by atoms with Gasteiger partial charge in [-0.2, -0.15) is 0 Å². The SMILES string of the molecule is CCS(=O)(=O)N(C)CCCNC(=NCc1ccc(C)cc1)Nc1ccccc1. The predicted molar refractivity (Wildman–Crippen MR) is 117 cm³/mol. The molecule has 0 heterocycles. The molecule has 6 nitrogen and oxygen atoms in total. The van der Waals surface area contributed by atoms with Crippen molar-refractivity contribution in [3.63, 3.8) is 0 Å². The molecule has 0 fully saturated rings. The molecule has 0 saturated heterocycles. The first-order chi connectivity index (χ1) is 13.4. The third-order valence-electron chi connectivity index (χ3n) is 4.36. The van der Waals surface area contributed by atoms with Gasteiger partial charge in [-0.3, -0.25) is 0 Å². The third kappa shape index (κ3) is 7.32. The van der Waals surface area contributed by atoms with E-state index in [-0.39, 0.29) is 5.75 Å². The van der Waals surface area contributed by atoms with Gasteiger partial charge in [-0.1, -0.05) is 48.0 Å². The van der Waals surface area contributed by atoms with Gasteiger partial charge >= 0.3 is 0 Å². The van der Waals surface area contributed by atoms with Crippen LogP contribution in [0.25, 0.3) is 0 Å². The van der Waals surface area contributed by atoms with Crippen molar-refractivity contribution in [3.05, 3.63) is 65.7 Å². The van der Waals surface area contributed by atoms with Crippen LogP contribution in [0.15, 0.2) is 59.6 Å². The van der Waals surface area contributed by atoms with Gasteiger partial charge in [-0.25, -0.2) is 17.7 Å². The molecule has 0 amide bonds. The Morgan fingerprint density at radius 1 is 1.07 bits per heavy atom. The average Bonchev–Trinajstić information content (AvgIpc) is 2.70. The Morgan fingerprint density at radius 2 is 1.75 bits per heavy atom. The van der Waals surface area contributed by atoms with E-state index in [0.29, 0.717) is 32.0 Å². The zero-order valence-electron chi connectivity index (χ0n) is 16.9. The second-order valence-electron chi connectivity index (χ2n) is 6.64. The molecule has 2 aromatic carbocycles. The molecule has 0 unspecified atom stereocenters. The summed E-state index contributed by atoms with van der Waals surface area (Å²) in [6, 6.07) is 18.1. The van der Waals surface area contributed by atoms with Gasteiger partial charge in [-0.15, -0.1) is 0 Å². The Kier molecular flexibility index (Phi) is 8.47. The molecule has 0 aliphatic carbocycles. The zero-order valence-corrected chi connectivity index (χ0v) is 17.7. The van der Waals surface area contributed by atoms with Crippen LogP contribution in [-0.2, 0) is 16.6 Å². The molecule has 0 spiro atoms. The standard InChI is InChI=1S/C21H30N4O2S/c1-4-28(26,27)25(3)16-8-15-22-21(24-20-9-6-5-7-10-20)23-17-19-13-11-18(2)12-14-19/h5-7,9-14H,4,8,15-17H2,1-3H3,(H2,22,23,24). The highest BCUT2D eigenvalue weighted by molar-refractivity contribution is 7.89. The van der Waals surface area contributed by atoms with Gasteiger partial charge in [0.15, 0.2) is 5.96 Å². The number of guanidine groups is 1. The Morgan fingerprint density at radius 3 is 2.39 bits per heavy atom. The fourth-order valence-electron chi connectivity index (χ4n) is 2.53. The fourth-order valence-corrected chi connectivity index (χ4v) is 3.38. The maximum Gasteiger partial charge on any atom is 0.213 e. The van der Waals surface area contributed by atoms with E-state index in [4.69, 9.17) is 0 Å². The summed E-state index contributed by atoms with van der Waals surface area (Å²) in [5.41, 5.74) is 3.30. The molecule has 152 valence electrons. The van der Waals surface area contributed by atoms with E-state index in [9.17, 15) is 8.42 Å². The molecule has 0 aromatic heterocycles. The number of aliphatic imine (C=N–C) groups is 1. The topological polar surface area (TPSA) is 73.8 Å². The number of sulfonamides is 1. The van der Waals surface area contributed by atoms with Crippen LogP contribution in [0.5, 0.6) is 0 Å². The number of anilines is 1. The van der Waals surface area contributed by atoms with Crippen LogP contribution in [0.4, 0.5) is 5.69 Å². The smallest absolute Gasteiger partial charge is 0.213 e. The summed E-state index contributed by atoms with van der Waals surface area (Å²) >= 11 is 0. The van der Waals surface area contributed by atoms with Crippen LogP contribution >= 0.6 is 0 Å². The highest BCUT2D eigenvalue weighted by Gasteiger charge is 2.14. The highest BCUT2D eigenvalue weighted by Crippen LogP contribution is 2.07. The summed E-state index contributed by atoms with van der Waals surface area (Å²) in [5, 5.41) is 6.59. The number of para-hydroxylation sites is 1. The number of rotatable bonds is 9. The largest absolute Gasteiger partial charge is 0.356 e. The van der Waals surface area contributed by atoms with Gasteiger partial charge in [-0.05, 0) is 38.0 Å². The predicted octanol–water partition coefficient (Wildman–Crippen LogP) is 3.22. The Bertz CT molecular complexity index is 850. The number of hydrogen-bond acceptors (Lipinski definition) is 3. The Labute approximate surface area is 168 Å². The average molecular weight is 403 g/mol. The van der Waals surface area contributed by atoms with Crippen LogP contribution < -0.4 is 10.6 Å². The van der Waals surface area contributed by atoms with Gasteiger partial charge < -0.3 is 10.6 Å². The molecule has 0 aliphatic rings. The Hall–Kier alpha value is -2.38. The van der Waals surface area contributed by atoms with Gasteiger partial charge in [0, 0.05) is 25.8 Å². The van der Waals surface area contributed by atoms with Crippen molar-refractivity contribution < 1.29 is 8.42 Å². The summed E-state index contributed by atoms with van der Waals surface area (Å²) in [4.78, 5) is 4.66. The van der Waals surface area contributed by atoms with Crippen molar-refractivity contribution in [2.24, 2.45) is 4.99 Å². The minimum Gasteiger partial charge on any atom is -0.356 e. The fraction of sp³-hybridized carbons (Fsp3) is 0.381. The normalized spacial score (nSPS) is 12.2. The molecular formula is C21H30N4O2S. The molecule has 0 radical (unpaired) electrons. The molecule has 2 N–H and O–H groups in total. The lowest BCUT2D eigenvalue weighted by atomic mass is 10.1. The molecule has 0 atom stereocenters. The lowest BCUT2D eigenvalue weighted by Gasteiger charge is -2.17. The van der Waals surface area contributed by atoms with Crippen molar-refractivity contribution in [2.75, 3.05) is 31.2 Å². The molecule has 0 saturated carbocycles. The van der Waals surface area contributed by atoms with E-state index in [1.807, 2.05) is 30.3 Å². The van der Waals surface area contributed by atoms with Crippen LogP contribution in [0.2, 0.25) is 0 Å². The number of benzene rings is 2. The first-order valence-corrected chi connectivity index (χ1v) is 11.1. The van der Waals surface area contributed by atoms with Gasteiger partial charge in [0.2, 0.25) is 10.0 Å². The Balaban J connectivity index is 1.95. The van der Waals surface area contributed by atoms with Gasteiger partial charge in [0.25, 0.3) is 0 Å². The second-order valence-corrected chi connectivity index (χ2v) is 9.01. The van der Waals surface area contributed by atoms with Crippen LogP contribution in [0.3, 0.4) is 0 Å². The molecule has 7 heteroatoms. The maximum atomic E-state index is 11.8. The number of nitrogens with zero attached hydrogens (tertiary/aromatic N) is 2. The molecule has 0 bridgehead atoms. The quantitative estimate of drug-likeness (QED) is 0.384.